The van der Waals surface area contributed by atoms with Crippen LogP contribution in [0.3, 0.4) is 0 Å². The van der Waals surface area contributed by atoms with Gasteiger partial charge in [0.05, 0.1) is 4.90 Å². The van der Waals surface area contributed by atoms with Crippen LogP contribution in [0.15, 0.2) is 64.5 Å². The molecule has 1 fully saturated rings. The number of rotatable bonds is 13. The van der Waals surface area contributed by atoms with E-state index in [-0.39, 0.29) is 29.7 Å². The van der Waals surface area contributed by atoms with E-state index in [0.29, 0.717) is 43.5 Å². The van der Waals surface area contributed by atoms with E-state index in [4.69, 9.17) is 11.5 Å². The fraction of sp³-hybridized carbons (Fsp3) is 0.360. The molecule has 1 aliphatic heterocycles. The van der Waals surface area contributed by atoms with E-state index in [1.165, 1.54) is 12.1 Å². The molecule has 1 saturated heterocycles. The summed E-state index contributed by atoms with van der Waals surface area (Å²) in [5, 5.41) is 14.9. The molecular weight excluding hydrogens is 512 g/mol. The van der Waals surface area contributed by atoms with Crippen molar-refractivity contribution in [2.24, 2.45) is 16.5 Å². The summed E-state index contributed by atoms with van der Waals surface area (Å²) < 4.78 is 26.8. The van der Waals surface area contributed by atoms with Gasteiger partial charge in [0.1, 0.15) is 12.1 Å². The van der Waals surface area contributed by atoms with E-state index in [0.717, 1.165) is 4.31 Å². The summed E-state index contributed by atoms with van der Waals surface area (Å²) >= 11 is 0. The fourth-order valence-electron chi connectivity index (χ4n) is 3.90. The lowest BCUT2D eigenvalue weighted by molar-refractivity contribution is -0.143. The SMILES string of the molecule is NC(N)=NCCCCC(=O)Nc1ccc(C[C@H](NC(=O)[C@@H]2CCN2S(=O)(=O)c2ccccc2)C(=O)O)cc1. The van der Waals surface area contributed by atoms with Crippen LogP contribution in [0.1, 0.15) is 31.2 Å². The quantitative estimate of drug-likeness (QED) is 0.137. The van der Waals surface area contributed by atoms with Gasteiger partial charge >= 0.3 is 5.97 Å². The molecule has 0 unspecified atom stereocenters. The van der Waals surface area contributed by atoms with Gasteiger partial charge < -0.3 is 27.2 Å². The van der Waals surface area contributed by atoms with Crippen molar-refractivity contribution in [3.8, 4) is 0 Å². The highest BCUT2D eigenvalue weighted by atomic mass is 32.2. The van der Waals surface area contributed by atoms with Gasteiger partial charge in [-0.3, -0.25) is 14.6 Å². The summed E-state index contributed by atoms with van der Waals surface area (Å²) in [6.45, 7) is 0.629. The van der Waals surface area contributed by atoms with Crippen molar-refractivity contribution in [3.63, 3.8) is 0 Å². The number of sulfonamides is 1. The third-order valence-electron chi connectivity index (χ3n) is 6.02. The number of unbranched alkanes of at least 4 members (excludes halogenated alkanes) is 1. The highest BCUT2D eigenvalue weighted by Crippen LogP contribution is 2.27. The summed E-state index contributed by atoms with van der Waals surface area (Å²) in [5.41, 5.74) is 11.7. The molecule has 38 heavy (non-hydrogen) atoms. The zero-order chi connectivity index (χ0) is 27.7. The number of aliphatic carboxylic acids is 1. The highest BCUT2D eigenvalue weighted by Gasteiger charge is 2.43. The fourth-order valence-corrected chi connectivity index (χ4v) is 5.55. The number of guanidine groups is 1. The number of carboxylic acid groups (broad SMARTS) is 1. The lowest BCUT2D eigenvalue weighted by atomic mass is 10.0. The zero-order valence-electron chi connectivity index (χ0n) is 20.7. The number of anilines is 1. The van der Waals surface area contributed by atoms with Gasteiger partial charge in [-0.2, -0.15) is 4.31 Å². The van der Waals surface area contributed by atoms with Crippen LogP contribution < -0.4 is 22.1 Å². The Morgan fingerprint density at radius 3 is 2.32 bits per heavy atom. The van der Waals surface area contributed by atoms with Gasteiger partial charge in [-0.05, 0) is 49.1 Å². The molecule has 0 saturated carbocycles. The molecule has 1 heterocycles. The van der Waals surface area contributed by atoms with Crippen molar-refractivity contribution in [2.45, 2.75) is 49.1 Å². The maximum Gasteiger partial charge on any atom is 0.326 e. The summed E-state index contributed by atoms with van der Waals surface area (Å²) in [5.74, 6) is -2.06. The van der Waals surface area contributed by atoms with Crippen LogP contribution in [-0.2, 0) is 30.8 Å². The number of nitrogens with zero attached hydrogens (tertiary/aromatic N) is 2. The van der Waals surface area contributed by atoms with Crippen LogP contribution in [0.5, 0.6) is 0 Å². The first-order valence-corrected chi connectivity index (χ1v) is 13.6. The number of carbonyl (C=O) groups excluding carboxylic acids is 2. The average molecular weight is 545 g/mol. The Balaban J connectivity index is 1.53. The van der Waals surface area contributed by atoms with E-state index >= 15 is 0 Å². The van der Waals surface area contributed by atoms with Crippen LogP contribution in [0, 0.1) is 0 Å². The Hall–Kier alpha value is -3.97. The molecule has 3 rings (SSSR count). The Morgan fingerprint density at radius 2 is 1.74 bits per heavy atom. The molecule has 7 N–H and O–H groups in total. The summed E-state index contributed by atoms with van der Waals surface area (Å²) in [6.07, 6.45) is 1.87. The molecule has 2 amide bonds. The number of carbonyl (C=O) groups is 3. The summed E-state index contributed by atoms with van der Waals surface area (Å²) in [6, 6.07) is 12.2. The van der Waals surface area contributed by atoms with Crippen molar-refractivity contribution in [1.82, 2.24) is 9.62 Å². The Kier molecular flexibility index (Phi) is 9.79. The van der Waals surface area contributed by atoms with E-state index in [2.05, 4.69) is 15.6 Å². The normalized spacial score (nSPS) is 16.1. The maximum absolute atomic E-state index is 12.8. The van der Waals surface area contributed by atoms with Crippen LogP contribution in [0.2, 0.25) is 0 Å². The monoisotopic (exact) mass is 544 g/mol. The number of hydrogen-bond acceptors (Lipinski definition) is 6. The van der Waals surface area contributed by atoms with Crippen LogP contribution >= 0.6 is 0 Å². The Morgan fingerprint density at radius 1 is 1.05 bits per heavy atom. The lowest BCUT2D eigenvalue weighted by Crippen LogP contribution is -2.60. The van der Waals surface area contributed by atoms with Crippen molar-refractivity contribution in [2.75, 3.05) is 18.4 Å². The molecular formula is C25H32N6O6S. The summed E-state index contributed by atoms with van der Waals surface area (Å²) in [4.78, 5) is 40.7. The molecule has 12 nitrogen and oxygen atoms in total. The first-order chi connectivity index (χ1) is 18.1. The molecule has 204 valence electrons. The maximum atomic E-state index is 12.8. The standard InChI is InChI=1S/C25H32N6O6S/c26-25(27)28-14-5-4-8-22(32)29-18-11-9-17(10-12-18)16-20(24(34)35)30-23(33)21-13-15-31(21)38(36,37)19-6-2-1-3-7-19/h1-3,6-7,9-12,20-21H,4-5,8,13-16H2,(H,29,32)(H,30,33)(H,34,35)(H4,26,27,28)/t20-,21-/m0/s1. The second-order valence-electron chi connectivity index (χ2n) is 8.85. The minimum Gasteiger partial charge on any atom is -0.480 e. The van der Waals surface area contributed by atoms with E-state index in [9.17, 15) is 27.9 Å². The van der Waals surface area contributed by atoms with Gasteiger partial charge in [0.25, 0.3) is 0 Å². The Labute approximate surface area is 221 Å². The smallest absolute Gasteiger partial charge is 0.326 e. The highest BCUT2D eigenvalue weighted by molar-refractivity contribution is 7.89. The third kappa shape index (κ3) is 7.76. The second kappa shape index (κ2) is 13.0. The molecule has 13 heteroatoms. The topological polar surface area (TPSA) is 197 Å². The van der Waals surface area contributed by atoms with Crippen molar-refractivity contribution >= 4 is 39.5 Å². The van der Waals surface area contributed by atoms with Crippen LogP contribution in [0.4, 0.5) is 5.69 Å². The third-order valence-corrected chi connectivity index (χ3v) is 7.94. The number of amides is 2. The number of nitrogens with two attached hydrogens (primary N) is 2. The predicted octanol–water partition coefficient (Wildman–Crippen LogP) is 0.644. The minimum atomic E-state index is -3.86. The molecule has 0 bridgehead atoms. The molecule has 2 aromatic rings. The number of benzene rings is 2. The molecule has 2 atom stereocenters. The number of nitrogens with one attached hydrogen (secondary N) is 2. The average Bonchev–Trinajstić information content (AvgIpc) is 2.84. The first-order valence-electron chi connectivity index (χ1n) is 12.1. The second-order valence-corrected chi connectivity index (χ2v) is 10.7. The molecule has 0 aromatic heterocycles. The molecule has 0 radical (unpaired) electrons. The van der Waals surface area contributed by atoms with Crippen molar-refractivity contribution < 1.29 is 27.9 Å². The number of aliphatic imine (C=N–C) groups is 1. The number of hydrogen-bond donors (Lipinski definition) is 5. The van der Waals surface area contributed by atoms with Crippen LogP contribution in [0.25, 0.3) is 0 Å². The van der Waals surface area contributed by atoms with Gasteiger partial charge in [-0.25, -0.2) is 13.2 Å². The molecule has 2 aromatic carbocycles. The van der Waals surface area contributed by atoms with Gasteiger partial charge in [-0.15, -0.1) is 0 Å². The lowest BCUT2D eigenvalue weighted by Gasteiger charge is -2.38. The largest absolute Gasteiger partial charge is 0.480 e. The van der Waals surface area contributed by atoms with Crippen molar-refractivity contribution in [1.29, 1.82) is 0 Å². The zero-order valence-corrected chi connectivity index (χ0v) is 21.6. The first kappa shape index (κ1) is 28.6. The minimum absolute atomic E-state index is 0.0141. The van der Waals surface area contributed by atoms with Crippen LogP contribution in [-0.4, -0.2) is 66.7 Å². The van der Waals surface area contributed by atoms with Gasteiger partial charge in [0, 0.05) is 31.6 Å². The summed E-state index contributed by atoms with van der Waals surface area (Å²) in [7, 11) is -3.86. The van der Waals surface area contributed by atoms with E-state index in [1.807, 2.05) is 0 Å². The molecule has 0 spiro atoms. The molecule has 1 aliphatic rings. The van der Waals surface area contributed by atoms with Gasteiger partial charge in [0.2, 0.25) is 21.8 Å². The van der Waals surface area contributed by atoms with E-state index < -0.39 is 34.0 Å². The molecule has 0 aliphatic carbocycles. The van der Waals surface area contributed by atoms with Gasteiger partial charge in [-0.1, -0.05) is 30.3 Å². The van der Waals surface area contributed by atoms with Gasteiger partial charge in [0.15, 0.2) is 5.96 Å². The number of carboxylic acids is 1. The predicted molar refractivity (Wildman–Crippen MR) is 142 cm³/mol. The van der Waals surface area contributed by atoms with E-state index in [1.54, 1.807) is 42.5 Å². The van der Waals surface area contributed by atoms with Crippen molar-refractivity contribution in [3.05, 3.63) is 60.2 Å². The Bertz CT molecular complexity index is 1260.